The first-order valence-electron chi connectivity index (χ1n) is 5.56. The Hall–Kier alpha value is -1.35. The normalized spacial score (nSPS) is 12.1. The molecule has 16 heavy (non-hydrogen) atoms. The topological polar surface area (TPSA) is 46.5 Å². The fourth-order valence-corrected chi connectivity index (χ4v) is 1.31. The molecule has 88 valence electrons. The quantitative estimate of drug-likeness (QED) is 0.748. The molecular formula is C13H18O3. The molecule has 0 heterocycles. The van der Waals surface area contributed by atoms with Crippen LogP contribution in [0.5, 0.6) is 0 Å². The summed E-state index contributed by atoms with van der Waals surface area (Å²) in [4.78, 5) is 11.3. The summed E-state index contributed by atoms with van der Waals surface area (Å²) in [6, 6.07) is 9.83. The highest BCUT2D eigenvalue weighted by Crippen LogP contribution is 2.03. The van der Waals surface area contributed by atoms with Gasteiger partial charge in [-0.25, -0.2) is 0 Å². The fourth-order valence-electron chi connectivity index (χ4n) is 1.31. The van der Waals surface area contributed by atoms with Gasteiger partial charge in [-0.15, -0.1) is 0 Å². The maximum atomic E-state index is 11.3. The molecule has 1 rings (SSSR count). The Labute approximate surface area is 96.1 Å². The molecule has 0 bridgehead atoms. The van der Waals surface area contributed by atoms with Gasteiger partial charge in [-0.1, -0.05) is 30.3 Å². The Morgan fingerprint density at radius 2 is 2.06 bits per heavy atom. The number of ether oxygens (including phenoxy) is 1. The van der Waals surface area contributed by atoms with Crippen molar-refractivity contribution in [2.75, 3.05) is 6.61 Å². The van der Waals surface area contributed by atoms with Crippen molar-refractivity contribution in [3.8, 4) is 0 Å². The molecule has 0 aliphatic rings. The van der Waals surface area contributed by atoms with Crippen LogP contribution in [0.3, 0.4) is 0 Å². The number of rotatable bonds is 6. The van der Waals surface area contributed by atoms with Crippen LogP contribution in [0.15, 0.2) is 30.3 Å². The van der Waals surface area contributed by atoms with Crippen molar-refractivity contribution in [2.45, 2.75) is 32.3 Å². The number of esters is 1. The number of benzene rings is 1. The van der Waals surface area contributed by atoms with Crippen LogP contribution in [0.1, 0.15) is 25.3 Å². The van der Waals surface area contributed by atoms with Gasteiger partial charge in [0.15, 0.2) is 0 Å². The molecule has 0 saturated carbocycles. The summed E-state index contributed by atoms with van der Waals surface area (Å²) in [6.07, 6.45) is 1.18. The number of hydrogen-bond donors (Lipinski definition) is 1. The van der Waals surface area contributed by atoms with Gasteiger partial charge in [-0.05, 0) is 18.9 Å². The average molecular weight is 222 g/mol. The molecule has 0 spiro atoms. The molecule has 3 heteroatoms. The van der Waals surface area contributed by atoms with Gasteiger partial charge in [0.1, 0.15) is 0 Å². The molecule has 0 radical (unpaired) electrons. The summed E-state index contributed by atoms with van der Waals surface area (Å²) in [5.41, 5.74) is 1.13. The van der Waals surface area contributed by atoms with Crippen molar-refractivity contribution in [3.05, 3.63) is 35.9 Å². The van der Waals surface area contributed by atoms with Crippen molar-refractivity contribution >= 4 is 5.97 Å². The minimum atomic E-state index is -0.415. The van der Waals surface area contributed by atoms with Crippen LogP contribution in [0.4, 0.5) is 0 Å². The molecular weight excluding hydrogens is 204 g/mol. The summed E-state index contributed by atoms with van der Waals surface area (Å²) in [5.74, 6) is -0.204. The van der Waals surface area contributed by atoms with Gasteiger partial charge < -0.3 is 9.84 Å². The Balaban J connectivity index is 2.16. The van der Waals surface area contributed by atoms with Gasteiger partial charge in [0.2, 0.25) is 0 Å². The summed E-state index contributed by atoms with van der Waals surface area (Å²) < 4.78 is 4.98. The Bertz CT molecular complexity index is 306. The van der Waals surface area contributed by atoms with E-state index in [9.17, 15) is 4.79 Å². The van der Waals surface area contributed by atoms with Crippen molar-refractivity contribution in [2.24, 2.45) is 0 Å². The van der Waals surface area contributed by atoms with E-state index in [2.05, 4.69) is 0 Å². The van der Waals surface area contributed by atoms with Crippen LogP contribution in [0, 0.1) is 0 Å². The second-order valence-electron chi connectivity index (χ2n) is 3.84. The van der Waals surface area contributed by atoms with E-state index < -0.39 is 6.10 Å². The number of carbonyl (C=O) groups is 1. The molecule has 0 aromatic heterocycles. The van der Waals surface area contributed by atoms with Crippen molar-refractivity contribution in [1.29, 1.82) is 0 Å². The molecule has 1 N–H and O–H groups in total. The van der Waals surface area contributed by atoms with Crippen molar-refractivity contribution in [3.63, 3.8) is 0 Å². The Morgan fingerprint density at radius 3 is 2.69 bits per heavy atom. The first-order valence-corrected chi connectivity index (χ1v) is 5.56. The largest absolute Gasteiger partial charge is 0.466 e. The van der Waals surface area contributed by atoms with E-state index >= 15 is 0 Å². The van der Waals surface area contributed by atoms with E-state index in [-0.39, 0.29) is 5.97 Å². The lowest BCUT2D eigenvalue weighted by Crippen LogP contribution is -2.11. The highest BCUT2D eigenvalue weighted by atomic mass is 16.5. The molecule has 3 nitrogen and oxygen atoms in total. The second kappa shape index (κ2) is 7.01. The summed E-state index contributed by atoms with van der Waals surface area (Å²) in [7, 11) is 0. The van der Waals surface area contributed by atoms with Crippen molar-refractivity contribution < 1.29 is 14.6 Å². The maximum Gasteiger partial charge on any atom is 0.306 e. The molecule has 0 saturated heterocycles. The first-order chi connectivity index (χ1) is 7.68. The van der Waals surface area contributed by atoms with E-state index in [4.69, 9.17) is 9.84 Å². The molecule has 1 atom stereocenters. The van der Waals surface area contributed by atoms with E-state index in [1.807, 2.05) is 30.3 Å². The van der Waals surface area contributed by atoms with Gasteiger partial charge >= 0.3 is 5.97 Å². The highest BCUT2D eigenvalue weighted by molar-refractivity contribution is 5.69. The van der Waals surface area contributed by atoms with Crippen molar-refractivity contribution in [1.82, 2.24) is 0 Å². The van der Waals surface area contributed by atoms with E-state index in [1.165, 1.54) is 0 Å². The van der Waals surface area contributed by atoms with Gasteiger partial charge in [0, 0.05) is 12.8 Å². The van der Waals surface area contributed by atoms with Gasteiger partial charge in [0.25, 0.3) is 0 Å². The zero-order chi connectivity index (χ0) is 11.8. The molecule has 0 amide bonds. The molecule has 0 fully saturated rings. The molecule has 0 aliphatic carbocycles. The standard InChI is InChI=1S/C13H18O3/c1-11(14)9-10-16-13(15)8-7-12-5-3-2-4-6-12/h2-6,11,14H,7-10H2,1H3. The van der Waals surface area contributed by atoms with Crippen LogP contribution >= 0.6 is 0 Å². The van der Waals surface area contributed by atoms with E-state index in [0.717, 1.165) is 5.56 Å². The molecule has 0 aliphatic heterocycles. The lowest BCUT2D eigenvalue weighted by molar-refractivity contribution is -0.144. The Kier molecular flexibility index (Phi) is 5.57. The maximum absolute atomic E-state index is 11.3. The van der Waals surface area contributed by atoms with Crippen LogP contribution in [0.2, 0.25) is 0 Å². The fraction of sp³-hybridized carbons (Fsp3) is 0.462. The minimum Gasteiger partial charge on any atom is -0.466 e. The molecule has 1 aromatic rings. The molecule has 1 aromatic carbocycles. The summed E-state index contributed by atoms with van der Waals surface area (Å²) in [5, 5.41) is 8.98. The first kappa shape index (κ1) is 12.7. The Morgan fingerprint density at radius 1 is 1.38 bits per heavy atom. The number of aryl methyl sites for hydroxylation is 1. The minimum absolute atomic E-state index is 0.204. The smallest absolute Gasteiger partial charge is 0.306 e. The lowest BCUT2D eigenvalue weighted by Gasteiger charge is -2.06. The lowest BCUT2D eigenvalue weighted by atomic mass is 10.1. The third-order valence-electron chi connectivity index (χ3n) is 2.26. The number of carbonyl (C=O) groups excluding carboxylic acids is 1. The zero-order valence-electron chi connectivity index (χ0n) is 9.56. The van der Waals surface area contributed by atoms with Gasteiger partial charge in [-0.2, -0.15) is 0 Å². The van der Waals surface area contributed by atoms with Crippen LogP contribution < -0.4 is 0 Å². The molecule has 1 unspecified atom stereocenters. The average Bonchev–Trinajstić information content (AvgIpc) is 2.27. The van der Waals surface area contributed by atoms with Crippen LogP contribution in [0.25, 0.3) is 0 Å². The third-order valence-corrected chi connectivity index (χ3v) is 2.26. The zero-order valence-corrected chi connectivity index (χ0v) is 9.56. The second-order valence-corrected chi connectivity index (χ2v) is 3.84. The predicted molar refractivity (Wildman–Crippen MR) is 62.0 cm³/mol. The van der Waals surface area contributed by atoms with Gasteiger partial charge in [-0.3, -0.25) is 4.79 Å². The van der Waals surface area contributed by atoms with Crippen LogP contribution in [-0.4, -0.2) is 23.8 Å². The highest BCUT2D eigenvalue weighted by Gasteiger charge is 2.04. The predicted octanol–water partition coefficient (Wildman–Crippen LogP) is 1.93. The van der Waals surface area contributed by atoms with Crippen LogP contribution in [-0.2, 0) is 16.0 Å². The van der Waals surface area contributed by atoms with Gasteiger partial charge in [0.05, 0.1) is 12.7 Å². The monoisotopic (exact) mass is 222 g/mol. The van der Waals surface area contributed by atoms with E-state index in [0.29, 0.717) is 25.9 Å². The number of aliphatic hydroxyl groups excluding tert-OH is 1. The number of hydrogen-bond acceptors (Lipinski definition) is 3. The summed E-state index contributed by atoms with van der Waals surface area (Å²) in [6.45, 7) is 1.98. The third kappa shape index (κ3) is 5.51. The SMILES string of the molecule is CC(O)CCOC(=O)CCc1ccccc1. The number of aliphatic hydroxyl groups is 1. The summed E-state index contributed by atoms with van der Waals surface area (Å²) >= 11 is 0. The van der Waals surface area contributed by atoms with E-state index in [1.54, 1.807) is 6.92 Å².